The number of ether oxygens (including phenoxy) is 4. The number of nitrogens with one attached hydrogen (secondary N) is 2. The molecule has 0 spiro atoms. The fourth-order valence-corrected chi connectivity index (χ4v) is 3.46. The van der Waals surface area contributed by atoms with Crippen LogP contribution < -0.4 is 29.6 Å². The van der Waals surface area contributed by atoms with E-state index in [1.54, 1.807) is 0 Å². The van der Waals surface area contributed by atoms with Gasteiger partial charge in [0, 0.05) is 31.3 Å². The van der Waals surface area contributed by atoms with Gasteiger partial charge >= 0.3 is 0 Å². The summed E-state index contributed by atoms with van der Waals surface area (Å²) in [5.41, 5.74) is 2.13. The molecule has 7 heteroatoms. The molecule has 7 nitrogen and oxygen atoms in total. The largest absolute Gasteiger partial charge is 0.490 e. The number of hydrogen-bond donors (Lipinski definition) is 2. The van der Waals surface area contributed by atoms with Gasteiger partial charge in [-0.1, -0.05) is 6.07 Å². The lowest BCUT2D eigenvalue weighted by molar-refractivity contribution is 0.174. The molecule has 2 aliphatic heterocycles. The Morgan fingerprint density at radius 1 is 0.900 bits per heavy atom. The van der Waals surface area contributed by atoms with Crippen LogP contribution in [-0.4, -0.2) is 39.1 Å². The molecule has 0 amide bonds. The Morgan fingerprint density at radius 2 is 1.67 bits per heavy atom. The minimum atomic E-state index is 0.300. The normalized spacial score (nSPS) is 17.4. The summed E-state index contributed by atoms with van der Waals surface area (Å²) in [5, 5.41) is 6.87. The topological polar surface area (TPSA) is 73.3 Å². The predicted octanol–water partition coefficient (Wildman–Crippen LogP) is 3.59. The lowest BCUT2D eigenvalue weighted by atomic mass is 10.1. The minimum absolute atomic E-state index is 0.300. The van der Waals surface area contributed by atoms with Crippen LogP contribution in [0.15, 0.2) is 41.4 Å². The Kier molecular flexibility index (Phi) is 5.50. The van der Waals surface area contributed by atoms with Crippen molar-refractivity contribution < 1.29 is 18.9 Å². The van der Waals surface area contributed by atoms with Crippen LogP contribution in [-0.2, 0) is 6.42 Å². The van der Waals surface area contributed by atoms with Crippen LogP contribution in [0.3, 0.4) is 0 Å². The van der Waals surface area contributed by atoms with Gasteiger partial charge in [-0.05, 0) is 55.0 Å². The summed E-state index contributed by atoms with van der Waals surface area (Å²) in [7, 11) is 0. The molecular weight excluding hydrogens is 382 g/mol. The molecule has 0 saturated heterocycles. The molecule has 1 fully saturated rings. The average molecular weight is 409 g/mol. The molecular formula is C23H27N3O4. The number of fused-ring (bicyclic) bond motifs is 2. The van der Waals surface area contributed by atoms with Gasteiger partial charge in [-0.15, -0.1) is 0 Å². The SMILES string of the molecule is c1cc2c(cc1CCNC(=NCC1CC1)Nc1ccc3c(c1)OCCCO3)OCO2. The number of hydrogen-bond acceptors (Lipinski definition) is 5. The Bertz CT molecular complexity index is 927. The summed E-state index contributed by atoms with van der Waals surface area (Å²) in [6, 6.07) is 12.0. The zero-order valence-electron chi connectivity index (χ0n) is 17.0. The van der Waals surface area contributed by atoms with Gasteiger partial charge in [0.25, 0.3) is 0 Å². The Labute approximate surface area is 176 Å². The van der Waals surface area contributed by atoms with Crippen molar-refractivity contribution in [1.82, 2.24) is 5.32 Å². The first-order valence-electron chi connectivity index (χ1n) is 10.7. The maximum Gasteiger partial charge on any atom is 0.231 e. The van der Waals surface area contributed by atoms with E-state index >= 15 is 0 Å². The number of rotatable bonds is 6. The summed E-state index contributed by atoms with van der Waals surface area (Å²) in [5.74, 6) is 4.72. The molecule has 2 aromatic rings. The van der Waals surface area contributed by atoms with E-state index in [0.29, 0.717) is 20.0 Å². The lowest BCUT2D eigenvalue weighted by Gasteiger charge is -2.15. The van der Waals surface area contributed by atoms with Gasteiger partial charge in [0.1, 0.15) is 0 Å². The summed E-state index contributed by atoms with van der Waals surface area (Å²) in [4.78, 5) is 4.78. The number of anilines is 1. The van der Waals surface area contributed by atoms with Crippen molar-refractivity contribution in [3.63, 3.8) is 0 Å². The first kappa shape index (κ1) is 18.9. The molecule has 1 saturated carbocycles. The second kappa shape index (κ2) is 8.73. The first-order chi connectivity index (χ1) is 14.8. The van der Waals surface area contributed by atoms with Crippen LogP contribution in [0, 0.1) is 5.92 Å². The number of nitrogens with zero attached hydrogens (tertiary/aromatic N) is 1. The van der Waals surface area contributed by atoms with Gasteiger partial charge in [0.2, 0.25) is 6.79 Å². The molecule has 2 aromatic carbocycles. The first-order valence-corrected chi connectivity index (χ1v) is 10.7. The Hall–Kier alpha value is -3.09. The van der Waals surface area contributed by atoms with Gasteiger partial charge in [0.05, 0.1) is 13.2 Å². The van der Waals surface area contributed by atoms with Gasteiger partial charge < -0.3 is 29.6 Å². The average Bonchev–Trinajstić information content (AvgIpc) is 3.52. The van der Waals surface area contributed by atoms with Crippen LogP contribution >= 0.6 is 0 Å². The van der Waals surface area contributed by atoms with Crippen molar-refractivity contribution in [2.75, 3.05) is 38.4 Å². The zero-order valence-corrected chi connectivity index (χ0v) is 17.0. The quantitative estimate of drug-likeness (QED) is 0.561. The lowest BCUT2D eigenvalue weighted by Crippen LogP contribution is -2.32. The molecule has 0 aromatic heterocycles. The molecule has 30 heavy (non-hydrogen) atoms. The summed E-state index contributed by atoms with van der Waals surface area (Å²) in [6.45, 7) is 3.28. The molecule has 0 unspecified atom stereocenters. The molecule has 5 rings (SSSR count). The fraction of sp³-hybridized carbons (Fsp3) is 0.435. The van der Waals surface area contributed by atoms with Crippen molar-refractivity contribution in [3.8, 4) is 23.0 Å². The molecule has 0 atom stereocenters. The van der Waals surface area contributed by atoms with E-state index in [-0.39, 0.29) is 0 Å². The van der Waals surface area contributed by atoms with Crippen LogP contribution in [0.2, 0.25) is 0 Å². The molecule has 1 aliphatic carbocycles. The van der Waals surface area contributed by atoms with Crippen LogP contribution in [0.25, 0.3) is 0 Å². The highest BCUT2D eigenvalue weighted by Gasteiger charge is 2.21. The van der Waals surface area contributed by atoms with Gasteiger partial charge in [-0.2, -0.15) is 0 Å². The van der Waals surface area contributed by atoms with Gasteiger partial charge in [-0.3, -0.25) is 4.99 Å². The van der Waals surface area contributed by atoms with E-state index in [1.807, 2.05) is 30.3 Å². The molecule has 2 heterocycles. The Balaban J connectivity index is 1.22. The summed E-state index contributed by atoms with van der Waals surface area (Å²) in [6.07, 6.45) is 4.31. The van der Waals surface area contributed by atoms with Crippen LogP contribution in [0.5, 0.6) is 23.0 Å². The van der Waals surface area contributed by atoms with Gasteiger partial charge in [-0.25, -0.2) is 0 Å². The van der Waals surface area contributed by atoms with E-state index < -0.39 is 0 Å². The highest BCUT2D eigenvalue weighted by molar-refractivity contribution is 5.94. The van der Waals surface area contributed by atoms with Crippen LogP contribution in [0.4, 0.5) is 5.69 Å². The third-order valence-electron chi connectivity index (χ3n) is 5.36. The number of guanidine groups is 1. The van der Waals surface area contributed by atoms with Crippen molar-refractivity contribution in [2.24, 2.45) is 10.9 Å². The van der Waals surface area contributed by atoms with E-state index in [1.165, 1.54) is 18.4 Å². The van der Waals surface area contributed by atoms with Crippen molar-refractivity contribution >= 4 is 11.6 Å². The maximum atomic E-state index is 5.81. The standard InChI is InChI=1S/C23H27N3O4/c1-10-27-19-7-5-18(13-22(19)28-11-1)26-23(25-14-17-2-3-17)24-9-8-16-4-6-20-21(12-16)30-15-29-20/h4-7,12-13,17H,1-3,8-11,14-15H2,(H2,24,25,26). The minimum Gasteiger partial charge on any atom is -0.490 e. The van der Waals surface area contributed by atoms with E-state index in [0.717, 1.165) is 66.5 Å². The van der Waals surface area contributed by atoms with E-state index in [9.17, 15) is 0 Å². The fourth-order valence-electron chi connectivity index (χ4n) is 3.46. The van der Waals surface area contributed by atoms with Crippen LogP contribution in [0.1, 0.15) is 24.8 Å². The molecule has 0 bridgehead atoms. The third kappa shape index (κ3) is 4.72. The van der Waals surface area contributed by atoms with E-state index in [2.05, 4.69) is 16.7 Å². The molecule has 158 valence electrons. The van der Waals surface area contributed by atoms with Crippen molar-refractivity contribution in [3.05, 3.63) is 42.0 Å². The number of benzene rings is 2. The monoisotopic (exact) mass is 409 g/mol. The number of aliphatic imine (C=N–C) groups is 1. The smallest absolute Gasteiger partial charge is 0.231 e. The van der Waals surface area contributed by atoms with Crippen molar-refractivity contribution in [1.29, 1.82) is 0 Å². The highest BCUT2D eigenvalue weighted by atomic mass is 16.7. The van der Waals surface area contributed by atoms with Crippen molar-refractivity contribution in [2.45, 2.75) is 25.7 Å². The summed E-state index contributed by atoms with van der Waals surface area (Å²) >= 11 is 0. The predicted molar refractivity (Wildman–Crippen MR) is 115 cm³/mol. The summed E-state index contributed by atoms with van der Waals surface area (Å²) < 4.78 is 22.4. The third-order valence-corrected chi connectivity index (χ3v) is 5.36. The Morgan fingerprint density at radius 3 is 2.57 bits per heavy atom. The zero-order chi connectivity index (χ0) is 20.2. The molecule has 2 N–H and O–H groups in total. The maximum absolute atomic E-state index is 5.81. The molecule has 0 radical (unpaired) electrons. The molecule has 3 aliphatic rings. The second-order valence-corrected chi connectivity index (χ2v) is 7.83. The highest BCUT2D eigenvalue weighted by Crippen LogP contribution is 2.33. The van der Waals surface area contributed by atoms with E-state index in [4.69, 9.17) is 23.9 Å². The van der Waals surface area contributed by atoms with Gasteiger partial charge in [0.15, 0.2) is 29.0 Å². The second-order valence-electron chi connectivity index (χ2n) is 7.83.